The maximum absolute atomic E-state index is 12.3. The second-order valence-corrected chi connectivity index (χ2v) is 6.92. The van der Waals surface area contributed by atoms with Gasteiger partial charge in [-0.05, 0) is 43.0 Å². The molecule has 0 unspecified atom stereocenters. The van der Waals surface area contributed by atoms with E-state index in [1.54, 1.807) is 12.1 Å². The molecule has 0 atom stereocenters. The minimum absolute atomic E-state index is 0.0399. The van der Waals surface area contributed by atoms with Crippen LogP contribution in [0.5, 0.6) is 5.75 Å². The van der Waals surface area contributed by atoms with E-state index in [1.165, 1.54) is 23.3 Å². The first kappa shape index (κ1) is 19.3. The van der Waals surface area contributed by atoms with Crippen molar-refractivity contribution in [1.82, 2.24) is 10.2 Å². The number of benzene rings is 2. The van der Waals surface area contributed by atoms with Gasteiger partial charge >= 0.3 is 6.61 Å². The van der Waals surface area contributed by atoms with Crippen molar-refractivity contribution < 1.29 is 18.3 Å². The van der Waals surface area contributed by atoms with Gasteiger partial charge in [0.2, 0.25) is 5.91 Å². The van der Waals surface area contributed by atoms with Gasteiger partial charge in [-0.3, -0.25) is 9.69 Å². The van der Waals surface area contributed by atoms with Crippen molar-refractivity contribution in [3.63, 3.8) is 0 Å². The Morgan fingerprint density at radius 1 is 1.11 bits per heavy atom. The highest BCUT2D eigenvalue weighted by atomic mass is 19.3. The van der Waals surface area contributed by atoms with Crippen LogP contribution in [0.25, 0.3) is 0 Å². The summed E-state index contributed by atoms with van der Waals surface area (Å²) in [6, 6.07) is 15.1. The number of ether oxygens (including phenoxy) is 1. The van der Waals surface area contributed by atoms with E-state index in [0.717, 1.165) is 24.9 Å². The van der Waals surface area contributed by atoms with Crippen LogP contribution < -0.4 is 10.1 Å². The first-order chi connectivity index (χ1) is 13.0. The van der Waals surface area contributed by atoms with Crippen molar-refractivity contribution in [2.24, 2.45) is 0 Å². The molecule has 0 bridgehead atoms. The summed E-state index contributed by atoms with van der Waals surface area (Å²) in [5.41, 5.74) is 3.26. The zero-order valence-electron chi connectivity index (χ0n) is 15.3. The lowest BCUT2D eigenvalue weighted by Gasteiger charge is -2.21. The SMILES string of the molecule is Cc1ccc(CN(CC(=O)NCc2ccc(OC(F)F)cc2)C2CC2)cc1. The van der Waals surface area contributed by atoms with Crippen molar-refractivity contribution >= 4 is 5.91 Å². The average Bonchev–Trinajstić information content (AvgIpc) is 3.47. The number of halogens is 2. The first-order valence-corrected chi connectivity index (χ1v) is 9.09. The molecule has 6 heteroatoms. The van der Waals surface area contributed by atoms with E-state index in [1.807, 2.05) is 0 Å². The Hall–Kier alpha value is -2.47. The molecular weight excluding hydrogens is 350 g/mol. The van der Waals surface area contributed by atoms with Crippen molar-refractivity contribution in [2.75, 3.05) is 6.54 Å². The third-order valence-electron chi connectivity index (χ3n) is 4.55. The fourth-order valence-electron chi connectivity index (χ4n) is 2.91. The van der Waals surface area contributed by atoms with Gasteiger partial charge in [0.15, 0.2) is 0 Å². The van der Waals surface area contributed by atoms with Crippen LogP contribution in [0, 0.1) is 6.92 Å². The van der Waals surface area contributed by atoms with Crippen LogP contribution in [0.1, 0.15) is 29.5 Å². The third kappa shape index (κ3) is 6.32. The summed E-state index contributed by atoms with van der Waals surface area (Å²) < 4.78 is 28.6. The van der Waals surface area contributed by atoms with Crippen LogP contribution in [0.15, 0.2) is 48.5 Å². The molecule has 2 aromatic carbocycles. The van der Waals surface area contributed by atoms with Crippen molar-refractivity contribution in [2.45, 2.75) is 45.5 Å². The maximum Gasteiger partial charge on any atom is 0.387 e. The van der Waals surface area contributed by atoms with Gasteiger partial charge < -0.3 is 10.1 Å². The van der Waals surface area contributed by atoms with Gasteiger partial charge in [0.25, 0.3) is 0 Å². The largest absolute Gasteiger partial charge is 0.435 e. The Morgan fingerprint density at radius 3 is 2.33 bits per heavy atom. The average molecular weight is 374 g/mol. The van der Waals surface area contributed by atoms with Crippen molar-refractivity contribution in [3.8, 4) is 5.75 Å². The highest BCUT2D eigenvalue weighted by Crippen LogP contribution is 2.28. The van der Waals surface area contributed by atoms with E-state index in [2.05, 4.69) is 46.1 Å². The smallest absolute Gasteiger partial charge is 0.387 e. The van der Waals surface area contributed by atoms with E-state index in [4.69, 9.17) is 0 Å². The monoisotopic (exact) mass is 374 g/mol. The molecule has 1 N–H and O–H groups in total. The molecule has 144 valence electrons. The molecule has 1 aliphatic carbocycles. The number of carbonyl (C=O) groups is 1. The molecule has 2 aromatic rings. The molecule has 0 spiro atoms. The van der Waals surface area contributed by atoms with Crippen LogP contribution in [-0.4, -0.2) is 30.0 Å². The van der Waals surface area contributed by atoms with Gasteiger partial charge in [-0.2, -0.15) is 8.78 Å². The van der Waals surface area contributed by atoms with Crippen LogP contribution in [0.3, 0.4) is 0 Å². The lowest BCUT2D eigenvalue weighted by Crippen LogP contribution is -2.37. The number of nitrogens with zero attached hydrogens (tertiary/aromatic N) is 1. The minimum atomic E-state index is -2.84. The quantitative estimate of drug-likeness (QED) is 0.724. The number of carbonyl (C=O) groups excluding carboxylic acids is 1. The second-order valence-electron chi connectivity index (χ2n) is 6.92. The Morgan fingerprint density at radius 2 is 1.74 bits per heavy atom. The molecule has 0 aromatic heterocycles. The molecular formula is C21H24F2N2O2. The van der Waals surface area contributed by atoms with Crippen molar-refractivity contribution in [1.29, 1.82) is 0 Å². The summed E-state index contributed by atoms with van der Waals surface area (Å²) in [5, 5.41) is 2.90. The molecule has 0 heterocycles. The normalized spacial score (nSPS) is 13.8. The lowest BCUT2D eigenvalue weighted by atomic mass is 10.1. The highest BCUT2D eigenvalue weighted by Gasteiger charge is 2.30. The molecule has 1 aliphatic rings. The number of hydrogen-bond donors (Lipinski definition) is 1. The summed E-state index contributed by atoms with van der Waals surface area (Å²) in [5.74, 6) is 0.0694. The minimum Gasteiger partial charge on any atom is -0.435 e. The number of alkyl halides is 2. The third-order valence-corrected chi connectivity index (χ3v) is 4.55. The number of nitrogens with one attached hydrogen (secondary N) is 1. The molecule has 0 aliphatic heterocycles. The standard InChI is InChI=1S/C21H24F2N2O2/c1-15-2-4-17(5-3-15)13-25(18-8-9-18)14-20(26)24-12-16-6-10-19(11-7-16)27-21(22)23/h2-7,10-11,18,21H,8-9,12-14H2,1H3,(H,24,26). The Balaban J connectivity index is 1.48. The Kier molecular flexibility index (Phi) is 6.40. The molecule has 1 amide bonds. The summed E-state index contributed by atoms with van der Waals surface area (Å²) in [7, 11) is 0. The van der Waals surface area contributed by atoms with Gasteiger partial charge in [-0.1, -0.05) is 42.0 Å². The molecule has 0 radical (unpaired) electrons. The molecule has 27 heavy (non-hydrogen) atoms. The van der Waals surface area contributed by atoms with E-state index < -0.39 is 6.61 Å². The predicted molar refractivity (Wildman–Crippen MR) is 99.5 cm³/mol. The fraction of sp³-hybridized carbons (Fsp3) is 0.381. The highest BCUT2D eigenvalue weighted by molar-refractivity contribution is 5.78. The van der Waals surface area contributed by atoms with Crippen LogP contribution in [0.2, 0.25) is 0 Å². The van der Waals surface area contributed by atoms with Crippen LogP contribution >= 0.6 is 0 Å². The van der Waals surface area contributed by atoms with E-state index >= 15 is 0 Å². The number of amides is 1. The summed E-state index contributed by atoms with van der Waals surface area (Å²) in [4.78, 5) is 14.5. The lowest BCUT2D eigenvalue weighted by molar-refractivity contribution is -0.122. The Bertz CT molecular complexity index is 744. The van der Waals surface area contributed by atoms with Crippen LogP contribution in [0.4, 0.5) is 8.78 Å². The number of hydrogen-bond acceptors (Lipinski definition) is 3. The van der Waals surface area contributed by atoms with Gasteiger partial charge in [0, 0.05) is 19.1 Å². The summed E-state index contributed by atoms with van der Waals surface area (Å²) >= 11 is 0. The van der Waals surface area contributed by atoms with Gasteiger partial charge in [0.1, 0.15) is 5.75 Å². The zero-order valence-corrected chi connectivity index (χ0v) is 15.3. The van der Waals surface area contributed by atoms with Gasteiger partial charge in [-0.15, -0.1) is 0 Å². The van der Waals surface area contributed by atoms with Gasteiger partial charge in [0.05, 0.1) is 6.54 Å². The maximum atomic E-state index is 12.3. The first-order valence-electron chi connectivity index (χ1n) is 9.09. The van der Waals surface area contributed by atoms with Crippen molar-refractivity contribution in [3.05, 3.63) is 65.2 Å². The predicted octanol–water partition coefficient (Wildman–Crippen LogP) is 3.88. The Labute approximate surface area is 158 Å². The topological polar surface area (TPSA) is 41.6 Å². The molecule has 0 saturated heterocycles. The second kappa shape index (κ2) is 8.95. The number of aryl methyl sites for hydroxylation is 1. The summed E-state index contributed by atoms with van der Waals surface area (Å²) in [6.45, 7) is 0.694. The van der Waals surface area contributed by atoms with E-state index in [0.29, 0.717) is 19.1 Å². The van der Waals surface area contributed by atoms with Crippen LogP contribution in [-0.2, 0) is 17.9 Å². The molecule has 4 nitrogen and oxygen atoms in total. The van der Waals surface area contributed by atoms with E-state index in [-0.39, 0.29) is 11.7 Å². The van der Waals surface area contributed by atoms with E-state index in [9.17, 15) is 13.6 Å². The molecule has 1 fully saturated rings. The zero-order chi connectivity index (χ0) is 19.2. The fourth-order valence-corrected chi connectivity index (χ4v) is 2.91. The number of rotatable bonds is 9. The molecule has 3 rings (SSSR count). The van der Waals surface area contributed by atoms with Gasteiger partial charge in [-0.25, -0.2) is 0 Å². The summed E-state index contributed by atoms with van der Waals surface area (Å²) in [6.07, 6.45) is 2.26. The molecule has 1 saturated carbocycles.